The Morgan fingerprint density at radius 2 is 1.53 bits per heavy atom. The lowest BCUT2D eigenvalue weighted by Crippen LogP contribution is -2.52. The minimum Gasteiger partial charge on any atom is -0.508 e. The number of carbonyl (C=O) groups is 3. The molecule has 2 bridgehead atoms. The maximum Gasteiger partial charge on any atom is 0.319 e. The van der Waals surface area contributed by atoms with Gasteiger partial charge in [-0.05, 0) is 161 Å². The number of likely N-dealkylation sites (tertiary alicyclic amines) is 2. The average Bonchev–Trinajstić information content (AvgIpc) is 3.94. The van der Waals surface area contributed by atoms with Gasteiger partial charge in [-0.3, -0.25) is 29.6 Å². The first kappa shape index (κ1) is 48.9. The van der Waals surface area contributed by atoms with Crippen molar-refractivity contribution in [1.29, 1.82) is 0 Å². The van der Waals surface area contributed by atoms with Crippen LogP contribution in [0.3, 0.4) is 0 Å². The minimum absolute atomic E-state index is 0.00594. The van der Waals surface area contributed by atoms with E-state index in [1.165, 1.54) is 44.2 Å². The van der Waals surface area contributed by atoms with E-state index in [9.17, 15) is 19.5 Å². The number of aryl methyl sites for hydroxylation is 1. The van der Waals surface area contributed by atoms with E-state index in [1.807, 2.05) is 19.1 Å². The molecule has 9 heterocycles. The number of anilines is 2. The van der Waals surface area contributed by atoms with Crippen molar-refractivity contribution in [3.63, 3.8) is 0 Å². The number of pyridine rings is 1. The molecule has 0 radical (unpaired) electrons. The van der Waals surface area contributed by atoms with Crippen molar-refractivity contribution in [2.45, 2.75) is 109 Å². The van der Waals surface area contributed by atoms with Crippen LogP contribution in [0, 0.1) is 29.4 Å². The number of amides is 3. The zero-order valence-electron chi connectivity index (χ0n) is 42.5. The first-order chi connectivity index (χ1) is 36.0. The van der Waals surface area contributed by atoms with E-state index in [4.69, 9.17) is 14.7 Å². The molecular formula is C57H68F2N10O5. The molecular weight excluding hydrogens is 943 g/mol. The molecule has 5 aromatic rings. The molecule has 3 atom stereocenters. The van der Waals surface area contributed by atoms with Gasteiger partial charge in [-0.1, -0.05) is 19.1 Å². The largest absolute Gasteiger partial charge is 0.508 e. The molecule has 6 saturated heterocycles. The molecule has 74 heavy (non-hydrogen) atoms. The maximum absolute atomic E-state index is 17.1. The van der Waals surface area contributed by atoms with Gasteiger partial charge in [-0.25, -0.2) is 8.78 Å². The predicted molar refractivity (Wildman–Crippen MR) is 279 cm³/mol. The van der Waals surface area contributed by atoms with Crippen LogP contribution in [0.25, 0.3) is 32.9 Å². The Bertz CT molecular complexity index is 2960. The first-order valence-corrected chi connectivity index (χ1v) is 27.4. The van der Waals surface area contributed by atoms with Gasteiger partial charge in [-0.15, -0.1) is 0 Å². The Hall–Kier alpha value is -6.04. The SMILES string of the molecule is CCc1c(F)ccc2cc(O)cc(-c3ncc4c(N5CC6CCC(C5)N6)nc(OCCN5CCC(CC6CCN(CC7CCN(c8cccc9c8CN(C8CCC(=O)NC8=O)C9=O)CC7)CC6)CC5)nc4c3F)c12. The Kier molecular flexibility index (Phi) is 13.6. The third-order valence-electron chi connectivity index (χ3n) is 17.7. The number of phenols is 1. The number of ether oxygens (including phenoxy) is 1. The van der Waals surface area contributed by atoms with Crippen LogP contribution in [0.1, 0.15) is 99.0 Å². The Morgan fingerprint density at radius 1 is 0.797 bits per heavy atom. The zero-order chi connectivity index (χ0) is 50.6. The van der Waals surface area contributed by atoms with Gasteiger partial charge in [0.15, 0.2) is 5.82 Å². The van der Waals surface area contributed by atoms with Crippen molar-refractivity contribution in [1.82, 2.24) is 40.3 Å². The quantitative estimate of drug-likeness (QED) is 0.102. The summed E-state index contributed by atoms with van der Waals surface area (Å²) in [5.74, 6) is 0.864. The molecule has 2 aromatic heterocycles. The lowest BCUT2D eigenvalue weighted by Gasteiger charge is -2.40. The van der Waals surface area contributed by atoms with Crippen LogP contribution in [0.2, 0.25) is 0 Å². The Balaban J connectivity index is 0.623. The number of nitrogens with one attached hydrogen (secondary N) is 2. The second-order valence-corrected chi connectivity index (χ2v) is 22.3. The number of aromatic hydroxyl groups is 1. The molecule has 6 fully saturated rings. The van der Waals surface area contributed by atoms with Crippen LogP contribution in [0.15, 0.2) is 48.7 Å². The number of phenolic OH excluding ortho intramolecular Hbond substituents is 1. The fourth-order valence-electron chi connectivity index (χ4n) is 13.7. The van der Waals surface area contributed by atoms with E-state index in [2.05, 4.69) is 41.3 Å². The van der Waals surface area contributed by atoms with E-state index in [0.29, 0.717) is 82.7 Å². The van der Waals surface area contributed by atoms with Crippen LogP contribution in [-0.2, 0) is 22.6 Å². The van der Waals surface area contributed by atoms with Crippen LogP contribution >= 0.6 is 0 Å². The number of carbonyl (C=O) groups excluding carboxylic acids is 3. The van der Waals surface area contributed by atoms with Gasteiger partial charge in [0.25, 0.3) is 5.91 Å². The summed E-state index contributed by atoms with van der Waals surface area (Å²) in [6.45, 7) is 12.2. The summed E-state index contributed by atoms with van der Waals surface area (Å²) in [7, 11) is 0. The molecule has 12 rings (SSSR count). The summed E-state index contributed by atoms with van der Waals surface area (Å²) in [6.07, 6.45) is 13.1. The molecule has 17 heteroatoms. The normalized spacial score (nSPS) is 23.6. The van der Waals surface area contributed by atoms with Gasteiger partial charge >= 0.3 is 6.01 Å². The van der Waals surface area contributed by atoms with Gasteiger partial charge in [0.2, 0.25) is 11.8 Å². The van der Waals surface area contributed by atoms with Crippen molar-refractivity contribution >= 4 is 50.9 Å². The molecule has 3 amide bonds. The number of piperidine rings is 4. The third-order valence-corrected chi connectivity index (χ3v) is 17.7. The summed E-state index contributed by atoms with van der Waals surface area (Å²) in [4.78, 5) is 63.5. The highest BCUT2D eigenvalue weighted by molar-refractivity contribution is 6.06. The number of hydrogen-bond acceptors (Lipinski definition) is 13. The maximum atomic E-state index is 17.1. The highest BCUT2D eigenvalue weighted by Gasteiger charge is 2.41. The van der Waals surface area contributed by atoms with E-state index in [-0.39, 0.29) is 52.9 Å². The summed E-state index contributed by atoms with van der Waals surface area (Å²) in [5, 5.41) is 18.4. The fourth-order valence-corrected chi connectivity index (χ4v) is 13.7. The number of benzene rings is 3. The van der Waals surface area contributed by atoms with Crippen LogP contribution in [0.5, 0.6) is 11.8 Å². The summed E-state index contributed by atoms with van der Waals surface area (Å²) >= 11 is 0. The first-order valence-electron chi connectivity index (χ1n) is 27.4. The summed E-state index contributed by atoms with van der Waals surface area (Å²) < 4.78 is 38.6. The average molecular weight is 1010 g/mol. The molecule has 0 aliphatic carbocycles. The van der Waals surface area contributed by atoms with Crippen LogP contribution in [0.4, 0.5) is 20.3 Å². The van der Waals surface area contributed by atoms with Gasteiger partial charge in [0.05, 0.1) is 5.39 Å². The topological polar surface area (TPSA) is 160 Å². The number of halogens is 2. The molecule has 390 valence electrons. The molecule has 15 nitrogen and oxygen atoms in total. The fraction of sp³-hybridized carbons (Fsp3) is 0.544. The highest BCUT2D eigenvalue weighted by atomic mass is 19.1. The monoisotopic (exact) mass is 1010 g/mol. The number of hydrogen-bond donors (Lipinski definition) is 3. The lowest BCUT2D eigenvalue weighted by atomic mass is 9.82. The number of imide groups is 1. The Labute approximate surface area is 431 Å². The van der Waals surface area contributed by atoms with Gasteiger partial charge in [-0.2, -0.15) is 9.97 Å². The summed E-state index contributed by atoms with van der Waals surface area (Å²) in [5.41, 5.74) is 3.62. The smallest absolute Gasteiger partial charge is 0.319 e. The van der Waals surface area contributed by atoms with Gasteiger partial charge in [0, 0.05) is 92.9 Å². The number of nitrogens with zero attached hydrogens (tertiary/aromatic N) is 8. The van der Waals surface area contributed by atoms with E-state index in [0.717, 1.165) is 114 Å². The van der Waals surface area contributed by atoms with Crippen molar-refractivity contribution in [3.8, 4) is 23.0 Å². The van der Waals surface area contributed by atoms with Gasteiger partial charge in [0.1, 0.15) is 41.2 Å². The highest BCUT2D eigenvalue weighted by Crippen LogP contribution is 2.41. The number of aromatic nitrogens is 3. The van der Waals surface area contributed by atoms with E-state index in [1.54, 1.807) is 23.2 Å². The Morgan fingerprint density at radius 3 is 2.26 bits per heavy atom. The second-order valence-electron chi connectivity index (χ2n) is 22.3. The van der Waals surface area contributed by atoms with Gasteiger partial charge < -0.3 is 34.8 Å². The number of piperazine rings is 1. The predicted octanol–water partition coefficient (Wildman–Crippen LogP) is 7.20. The van der Waals surface area contributed by atoms with Crippen molar-refractivity contribution in [2.24, 2.45) is 17.8 Å². The molecule has 3 N–H and O–H groups in total. The number of rotatable bonds is 13. The molecule has 3 unspecified atom stereocenters. The minimum atomic E-state index is -0.659. The third kappa shape index (κ3) is 9.64. The lowest BCUT2D eigenvalue weighted by molar-refractivity contribution is -0.136. The van der Waals surface area contributed by atoms with Crippen LogP contribution in [-0.4, -0.2) is 143 Å². The molecule has 7 aliphatic heterocycles. The number of fused-ring (bicyclic) bond motifs is 5. The second kappa shape index (κ2) is 20.6. The van der Waals surface area contributed by atoms with Crippen molar-refractivity contribution < 1.29 is 33.0 Å². The molecule has 0 spiro atoms. The van der Waals surface area contributed by atoms with Crippen LogP contribution < -0.4 is 25.2 Å². The summed E-state index contributed by atoms with van der Waals surface area (Å²) in [6, 6.07) is 12.1. The molecule has 7 aliphatic rings. The molecule has 3 aromatic carbocycles. The van der Waals surface area contributed by atoms with Crippen molar-refractivity contribution in [3.05, 3.63) is 77.0 Å². The van der Waals surface area contributed by atoms with E-state index >= 15 is 8.78 Å². The zero-order valence-corrected chi connectivity index (χ0v) is 42.5. The van der Waals surface area contributed by atoms with E-state index < -0.39 is 11.9 Å². The molecule has 0 saturated carbocycles. The van der Waals surface area contributed by atoms with Crippen molar-refractivity contribution in [2.75, 3.05) is 81.9 Å². The standard InChI is InChI=1S/C57H68F2N10O5/c1-2-41-46(58)9-6-37-27-40(70)28-43(50(37)41)52-51(59)53-44(29-60-52)54(68-31-38-7-8-39(32-68)61-38)64-57(63-53)74-25-24-65-18-12-34(13-19-65)26-35-14-20-66(21-15-35)30-36-16-22-67(23-17-36)47-5-3-4-42-45(47)33-69(56(42)73)48-10-11-49(71)62-55(48)72/h3-6,9,27-29,34-36,38-39,48,61,70H,2,7-8,10-26,30-33H2,1H3,(H,62,71,72).